The fraction of sp³-hybridized carbons (Fsp3) is 0.917. The molecule has 0 aromatic carbocycles. The molecule has 3 heteroatoms. The van der Waals surface area contributed by atoms with Crippen LogP contribution in [0, 0.1) is 22.2 Å². The number of nitrogens with one attached hydrogen (secondary N) is 1. The highest BCUT2D eigenvalue weighted by Gasteiger charge is 2.27. The van der Waals surface area contributed by atoms with Gasteiger partial charge in [-0.3, -0.25) is 0 Å². The van der Waals surface area contributed by atoms with Crippen LogP contribution in [0.5, 0.6) is 0 Å². The van der Waals surface area contributed by atoms with E-state index in [4.69, 9.17) is 10.00 Å². The van der Waals surface area contributed by atoms with Crippen molar-refractivity contribution in [3.63, 3.8) is 0 Å². The van der Waals surface area contributed by atoms with E-state index in [1.165, 1.54) is 0 Å². The number of hydrogen-bond acceptors (Lipinski definition) is 3. The van der Waals surface area contributed by atoms with Crippen LogP contribution in [0.1, 0.15) is 33.6 Å². The van der Waals surface area contributed by atoms with Crippen LogP contribution in [0.4, 0.5) is 0 Å². The quantitative estimate of drug-likeness (QED) is 0.771. The molecule has 0 aromatic heterocycles. The van der Waals surface area contributed by atoms with Crippen LogP contribution < -0.4 is 5.32 Å². The minimum Gasteiger partial charge on any atom is -0.381 e. The highest BCUT2D eigenvalue weighted by molar-refractivity contribution is 4.94. The lowest BCUT2D eigenvalue weighted by atomic mass is 9.82. The Morgan fingerprint density at radius 1 is 1.40 bits per heavy atom. The van der Waals surface area contributed by atoms with Gasteiger partial charge in [-0.2, -0.15) is 5.26 Å². The Kier molecular flexibility index (Phi) is 4.12. The Morgan fingerprint density at radius 2 is 2.00 bits per heavy atom. The first kappa shape index (κ1) is 12.5. The van der Waals surface area contributed by atoms with Crippen LogP contribution in [-0.2, 0) is 4.74 Å². The SMILES string of the molecule is CC(C)(C#N)CNCC1(C)CCOCC1. The lowest BCUT2D eigenvalue weighted by Crippen LogP contribution is -2.40. The molecule has 0 amide bonds. The third-order valence-electron chi connectivity index (χ3n) is 3.12. The molecule has 1 heterocycles. The summed E-state index contributed by atoms with van der Waals surface area (Å²) in [4.78, 5) is 0. The van der Waals surface area contributed by atoms with Crippen molar-refractivity contribution in [2.45, 2.75) is 33.6 Å². The molecule has 0 unspecified atom stereocenters. The number of ether oxygens (including phenoxy) is 1. The number of nitrogens with zero attached hydrogens (tertiary/aromatic N) is 1. The average molecular weight is 210 g/mol. The van der Waals surface area contributed by atoms with E-state index in [1.54, 1.807) is 0 Å². The monoisotopic (exact) mass is 210 g/mol. The Bertz CT molecular complexity index is 236. The van der Waals surface area contributed by atoms with Crippen molar-refractivity contribution >= 4 is 0 Å². The molecular formula is C12H22N2O. The van der Waals surface area contributed by atoms with Crippen molar-refractivity contribution in [1.29, 1.82) is 5.26 Å². The van der Waals surface area contributed by atoms with Crippen molar-refractivity contribution < 1.29 is 4.74 Å². The van der Waals surface area contributed by atoms with Crippen LogP contribution in [0.15, 0.2) is 0 Å². The van der Waals surface area contributed by atoms with E-state index in [0.717, 1.165) is 39.1 Å². The smallest absolute Gasteiger partial charge is 0.0697 e. The number of hydrogen-bond donors (Lipinski definition) is 1. The lowest BCUT2D eigenvalue weighted by Gasteiger charge is -2.34. The molecule has 0 bridgehead atoms. The predicted molar refractivity (Wildman–Crippen MR) is 60.4 cm³/mol. The van der Waals surface area contributed by atoms with Gasteiger partial charge >= 0.3 is 0 Å². The van der Waals surface area contributed by atoms with Crippen LogP contribution >= 0.6 is 0 Å². The zero-order valence-electron chi connectivity index (χ0n) is 10.1. The van der Waals surface area contributed by atoms with E-state index in [0.29, 0.717) is 5.41 Å². The number of rotatable bonds is 4. The van der Waals surface area contributed by atoms with Crippen LogP contribution in [-0.4, -0.2) is 26.3 Å². The standard InChI is InChI=1S/C12H22N2O/c1-11(2,8-13)9-14-10-12(3)4-6-15-7-5-12/h14H,4-7,9-10H2,1-3H3. The molecule has 0 radical (unpaired) electrons. The maximum atomic E-state index is 8.89. The lowest BCUT2D eigenvalue weighted by molar-refractivity contribution is 0.0236. The molecule has 0 spiro atoms. The highest BCUT2D eigenvalue weighted by Crippen LogP contribution is 2.28. The Labute approximate surface area is 92.8 Å². The van der Waals surface area contributed by atoms with Crippen LogP contribution in [0.25, 0.3) is 0 Å². The molecule has 1 N–H and O–H groups in total. The fourth-order valence-electron chi connectivity index (χ4n) is 1.76. The van der Waals surface area contributed by atoms with E-state index >= 15 is 0 Å². The van der Waals surface area contributed by atoms with Crippen molar-refractivity contribution in [3.8, 4) is 6.07 Å². The largest absolute Gasteiger partial charge is 0.381 e. The van der Waals surface area contributed by atoms with Crippen LogP contribution in [0.3, 0.4) is 0 Å². The second-order valence-corrected chi connectivity index (χ2v) is 5.52. The first-order valence-corrected chi connectivity index (χ1v) is 5.67. The molecule has 3 nitrogen and oxygen atoms in total. The maximum Gasteiger partial charge on any atom is 0.0697 e. The Hall–Kier alpha value is -0.590. The zero-order chi connectivity index (χ0) is 11.4. The molecular weight excluding hydrogens is 188 g/mol. The Morgan fingerprint density at radius 3 is 2.53 bits per heavy atom. The second kappa shape index (κ2) is 4.96. The molecule has 1 saturated heterocycles. The summed E-state index contributed by atoms with van der Waals surface area (Å²) in [7, 11) is 0. The predicted octanol–water partition coefficient (Wildman–Crippen LogP) is 1.94. The third-order valence-corrected chi connectivity index (χ3v) is 3.12. The summed E-state index contributed by atoms with van der Waals surface area (Å²) in [5.74, 6) is 0. The maximum absolute atomic E-state index is 8.89. The molecule has 1 aliphatic heterocycles. The fourth-order valence-corrected chi connectivity index (χ4v) is 1.76. The zero-order valence-corrected chi connectivity index (χ0v) is 10.1. The molecule has 0 aliphatic carbocycles. The van der Waals surface area contributed by atoms with E-state index in [2.05, 4.69) is 18.3 Å². The van der Waals surface area contributed by atoms with Gasteiger partial charge in [-0.25, -0.2) is 0 Å². The van der Waals surface area contributed by atoms with Gasteiger partial charge in [0.1, 0.15) is 0 Å². The third kappa shape index (κ3) is 4.19. The van der Waals surface area contributed by atoms with Crippen molar-refractivity contribution in [2.75, 3.05) is 26.3 Å². The topological polar surface area (TPSA) is 45.0 Å². The summed E-state index contributed by atoms with van der Waals surface area (Å²) in [5, 5.41) is 12.3. The van der Waals surface area contributed by atoms with Gasteiger partial charge in [0.2, 0.25) is 0 Å². The molecule has 0 aromatic rings. The van der Waals surface area contributed by atoms with E-state index in [9.17, 15) is 0 Å². The molecule has 0 atom stereocenters. The summed E-state index contributed by atoms with van der Waals surface area (Å²) in [6, 6.07) is 2.30. The molecule has 1 rings (SSSR count). The van der Waals surface area contributed by atoms with Crippen molar-refractivity contribution in [1.82, 2.24) is 5.32 Å². The Balaban J connectivity index is 2.27. The van der Waals surface area contributed by atoms with Gasteiger partial charge in [0.15, 0.2) is 0 Å². The summed E-state index contributed by atoms with van der Waals surface area (Å²) >= 11 is 0. The van der Waals surface area contributed by atoms with E-state index in [1.807, 2.05) is 13.8 Å². The minimum atomic E-state index is -0.262. The normalized spacial score (nSPS) is 20.9. The van der Waals surface area contributed by atoms with Gasteiger partial charge in [0, 0.05) is 26.3 Å². The van der Waals surface area contributed by atoms with Gasteiger partial charge in [0.05, 0.1) is 11.5 Å². The molecule has 15 heavy (non-hydrogen) atoms. The first-order valence-electron chi connectivity index (χ1n) is 5.67. The first-order chi connectivity index (χ1) is 6.97. The van der Waals surface area contributed by atoms with Gasteiger partial charge in [-0.15, -0.1) is 0 Å². The van der Waals surface area contributed by atoms with Gasteiger partial charge in [-0.1, -0.05) is 6.92 Å². The minimum absolute atomic E-state index is 0.262. The highest BCUT2D eigenvalue weighted by atomic mass is 16.5. The van der Waals surface area contributed by atoms with Gasteiger partial charge in [-0.05, 0) is 32.1 Å². The summed E-state index contributed by atoms with van der Waals surface area (Å²) in [6.45, 7) is 9.72. The van der Waals surface area contributed by atoms with Crippen molar-refractivity contribution in [2.24, 2.45) is 10.8 Å². The van der Waals surface area contributed by atoms with Crippen LogP contribution in [0.2, 0.25) is 0 Å². The van der Waals surface area contributed by atoms with Crippen molar-refractivity contribution in [3.05, 3.63) is 0 Å². The van der Waals surface area contributed by atoms with Gasteiger partial charge in [0.25, 0.3) is 0 Å². The molecule has 0 saturated carbocycles. The average Bonchev–Trinajstić information content (AvgIpc) is 2.18. The molecule has 86 valence electrons. The second-order valence-electron chi connectivity index (χ2n) is 5.52. The van der Waals surface area contributed by atoms with E-state index in [-0.39, 0.29) is 5.41 Å². The molecule has 1 aliphatic rings. The van der Waals surface area contributed by atoms with Gasteiger partial charge < -0.3 is 10.1 Å². The van der Waals surface area contributed by atoms with E-state index < -0.39 is 0 Å². The summed E-state index contributed by atoms with van der Waals surface area (Å²) < 4.78 is 5.35. The number of nitriles is 1. The summed E-state index contributed by atoms with van der Waals surface area (Å²) in [5.41, 5.74) is 0.0886. The molecule has 1 fully saturated rings. The summed E-state index contributed by atoms with van der Waals surface area (Å²) in [6.07, 6.45) is 2.24.